The first kappa shape index (κ1) is 101. The molecule has 0 aliphatic heterocycles. The summed E-state index contributed by atoms with van der Waals surface area (Å²) in [6, 6.07) is 0. The monoisotopic (exact) mass is 1530 g/mol. The van der Waals surface area contributed by atoms with Gasteiger partial charge in [0.05, 0.1) is 26.4 Å². The van der Waals surface area contributed by atoms with Crippen molar-refractivity contribution in [3.05, 3.63) is 134 Å². The molecule has 0 aromatic rings. The highest BCUT2D eigenvalue weighted by molar-refractivity contribution is 7.47. The maximum Gasteiger partial charge on any atom is 0.472 e. The van der Waals surface area contributed by atoms with Crippen molar-refractivity contribution in [2.75, 3.05) is 39.6 Å². The number of ether oxygens (including phenoxy) is 4. The Hall–Kier alpha value is -4.80. The van der Waals surface area contributed by atoms with E-state index in [1.807, 2.05) is 0 Å². The van der Waals surface area contributed by atoms with Crippen LogP contribution >= 0.6 is 15.6 Å². The number of hydrogen-bond donors (Lipinski definition) is 3. The Bertz CT molecular complexity index is 2530. The fourth-order valence-corrected chi connectivity index (χ4v) is 12.4. The summed E-state index contributed by atoms with van der Waals surface area (Å²) in [7, 11) is -9.98. The molecule has 19 heteroatoms. The third kappa shape index (κ3) is 77.4. The second-order valence-electron chi connectivity index (χ2n) is 27.3. The first-order chi connectivity index (χ1) is 51.7. The average molecular weight is 1530 g/mol. The van der Waals surface area contributed by atoms with Crippen LogP contribution in [0.5, 0.6) is 0 Å². The lowest BCUT2D eigenvalue weighted by Gasteiger charge is -2.21. The fraction of sp³-hybridized carbons (Fsp3) is 0.701. The Kier molecular flexibility index (Phi) is 74.8. The van der Waals surface area contributed by atoms with E-state index in [0.717, 1.165) is 199 Å². The van der Waals surface area contributed by atoms with Gasteiger partial charge in [0, 0.05) is 25.7 Å². The smallest absolute Gasteiger partial charge is 0.462 e. The van der Waals surface area contributed by atoms with Crippen molar-refractivity contribution in [3.8, 4) is 0 Å². The van der Waals surface area contributed by atoms with Gasteiger partial charge in [-0.2, -0.15) is 0 Å². The van der Waals surface area contributed by atoms with Gasteiger partial charge in [0.1, 0.15) is 19.3 Å². The molecule has 608 valence electrons. The normalized spacial score (nSPS) is 14.5. The maximum absolute atomic E-state index is 13.1. The van der Waals surface area contributed by atoms with Crippen molar-refractivity contribution in [3.63, 3.8) is 0 Å². The summed E-state index contributed by atoms with van der Waals surface area (Å²) in [6.07, 6.45) is 88.4. The Labute approximate surface area is 644 Å². The molecule has 5 unspecified atom stereocenters. The van der Waals surface area contributed by atoms with Gasteiger partial charge in [-0.1, -0.05) is 283 Å². The Morgan fingerprint density at radius 2 is 0.491 bits per heavy atom. The molecule has 0 radical (unpaired) electrons. The van der Waals surface area contributed by atoms with Crippen LogP contribution in [0.3, 0.4) is 0 Å². The topological polar surface area (TPSA) is 237 Å². The van der Waals surface area contributed by atoms with E-state index >= 15 is 0 Å². The minimum atomic E-state index is -5.00. The van der Waals surface area contributed by atoms with Gasteiger partial charge in [-0.05, 0) is 161 Å². The van der Waals surface area contributed by atoms with Crippen LogP contribution in [-0.4, -0.2) is 96.7 Å². The highest BCUT2D eigenvalue weighted by atomic mass is 31.2. The first-order valence-electron chi connectivity index (χ1n) is 41.4. The third-order valence-corrected chi connectivity index (χ3v) is 19.0. The van der Waals surface area contributed by atoms with E-state index in [-0.39, 0.29) is 25.7 Å². The van der Waals surface area contributed by atoms with Gasteiger partial charge in [0.25, 0.3) is 0 Å². The molecule has 0 fully saturated rings. The van der Waals surface area contributed by atoms with Crippen molar-refractivity contribution >= 4 is 39.5 Å². The highest BCUT2D eigenvalue weighted by Gasteiger charge is 2.30. The second-order valence-corrected chi connectivity index (χ2v) is 30.2. The standard InChI is InChI=1S/C87H148O17P2/c1-5-9-13-17-21-25-29-33-37-39-40-42-45-48-52-56-60-64-68-72-85(90)98-78-83(104-87(92)74-70-66-62-58-54-50-46-41-38-34-30-26-22-18-14-10-6-2)80-102-106(95,96)100-76-81(88)75-99-105(93,94)101-79-82(103-86(91)73-69-65-61-57-53-49-44-36-32-28-24-20-16-12-8-4)77-97-84(89)71-67-63-59-55-51-47-43-35-31-27-23-19-15-11-7-3/h9-10,13-14,21-23,25-27,33-38,40,42-44,46,50,81-83,88H,5-8,11-12,15-20,24,28-32,39,41,45,47-49,51-80H2,1-4H3,(H,93,94)(H,95,96)/b13-9-,14-10-,25-21-,26-22-,27-23-,37-33-,38-34-,42-40-,43-35-,44-36-,50-46-. The molecule has 0 amide bonds. The Morgan fingerprint density at radius 3 is 0.783 bits per heavy atom. The minimum Gasteiger partial charge on any atom is -0.462 e. The van der Waals surface area contributed by atoms with Crippen molar-refractivity contribution in [2.24, 2.45) is 0 Å². The van der Waals surface area contributed by atoms with Gasteiger partial charge in [-0.15, -0.1) is 0 Å². The summed E-state index contributed by atoms with van der Waals surface area (Å²) in [4.78, 5) is 73.2. The number of hydrogen-bond acceptors (Lipinski definition) is 15. The molecular weight excluding hydrogens is 1380 g/mol. The molecule has 0 aliphatic carbocycles. The molecule has 0 aromatic heterocycles. The van der Waals surface area contributed by atoms with E-state index in [4.69, 9.17) is 37.0 Å². The van der Waals surface area contributed by atoms with E-state index in [2.05, 4.69) is 161 Å². The van der Waals surface area contributed by atoms with Crippen LogP contribution < -0.4 is 0 Å². The van der Waals surface area contributed by atoms with E-state index in [0.29, 0.717) is 25.7 Å². The zero-order chi connectivity index (χ0) is 77.4. The fourth-order valence-electron chi connectivity index (χ4n) is 10.8. The van der Waals surface area contributed by atoms with Crippen LogP contribution in [0.25, 0.3) is 0 Å². The molecule has 0 bridgehead atoms. The molecule has 0 aliphatic rings. The van der Waals surface area contributed by atoms with E-state index in [9.17, 15) is 43.2 Å². The van der Waals surface area contributed by atoms with Gasteiger partial charge in [0.15, 0.2) is 12.2 Å². The largest absolute Gasteiger partial charge is 0.472 e. The zero-order valence-electron chi connectivity index (χ0n) is 66.6. The lowest BCUT2D eigenvalue weighted by Crippen LogP contribution is -2.30. The molecule has 0 rings (SSSR count). The number of phosphoric acid groups is 2. The summed E-state index contributed by atoms with van der Waals surface area (Å²) in [5.41, 5.74) is 0. The predicted molar refractivity (Wildman–Crippen MR) is 436 cm³/mol. The molecule has 17 nitrogen and oxygen atoms in total. The summed E-state index contributed by atoms with van der Waals surface area (Å²) in [5.74, 6) is -2.23. The minimum absolute atomic E-state index is 0.0599. The maximum atomic E-state index is 13.1. The molecule has 0 heterocycles. The summed E-state index contributed by atoms with van der Waals surface area (Å²) in [5, 5.41) is 10.7. The third-order valence-electron chi connectivity index (χ3n) is 17.1. The number of carbonyl (C=O) groups excluding carboxylic acids is 4. The number of carbonyl (C=O) groups is 4. The van der Waals surface area contributed by atoms with Gasteiger partial charge < -0.3 is 33.8 Å². The van der Waals surface area contributed by atoms with Crippen LogP contribution in [0, 0.1) is 0 Å². The Morgan fingerprint density at radius 1 is 0.274 bits per heavy atom. The zero-order valence-corrected chi connectivity index (χ0v) is 68.4. The highest BCUT2D eigenvalue weighted by Crippen LogP contribution is 2.45. The molecule has 0 spiro atoms. The van der Waals surface area contributed by atoms with Gasteiger partial charge in [-0.3, -0.25) is 37.3 Å². The second kappa shape index (κ2) is 78.3. The number of aliphatic hydroxyl groups excluding tert-OH is 1. The number of allylic oxidation sites excluding steroid dienone is 22. The van der Waals surface area contributed by atoms with Crippen LogP contribution in [0.4, 0.5) is 0 Å². The van der Waals surface area contributed by atoms with Gasteiger partial charge in [0.2, 0.25) is 0 Å². The van der Waals surface area contributed by atoms with Crippen LogP contribution in [0.2, 0.25) is 0 Å². The van der Waals surface area contributed by atoms with Crippen molar-refractivity contribution < 1.29 is 80.2 Å². The van der Waals surface area contributed by atoms with Crippen LogP contribution in [0.15, 0.2) is 134 Å². The molecule has 106 heavy (non-hydrogen) atoms. The SMILES string of the molecule is CC/C=C\C/C=C\C/C=C\C/C=C\CCCCCCCCC(=O)OCC(COP(=O)(O)OCC(O)COP(=O)(O)OCC(COC(=O)CCCCCCC/C=C\C/C=C\CCCCC)OC(=O)CCCCCCC/C=C\CCCCCCCC)OC(=O)CCCCCC/C=C\C/C=C\C/C=C\C/C=C\CC. The quantitative estimate of drug-likeness (QED) is 0.0169. The number of aliphatic hydroxyl groups is 1. The first-order valence-corrected chi connectivity index (χ1v) is 44.4. The molecule has 0 saturated carbocycles. The molecular formula is C87H148O17P2. The van der Waals surface area contributed by atoms with E-state index in [1.165, 1.54) is 57.8 Å². The lowest BCUT2D eigenvalue weighted by atomic mass is 10.1. The average Bonchev–Trinajstić information content (AvgIpc) is 0.902. The summed E-state index contributed by atoms with van der Waals surface area (Å²) >= 11 is 0. The van der Waals surface area contributed by atoms with Crippen LogP contribution in [0.1, 0.15) is 336 Å². The van der Waals surface area contributed by atoms with E-state index < -0.39 is 97.5 Å². The number of esters is 4. The van der Waals surface area contributed by atoms with Crippen LogP contribution in [-0.2, 0) is 65.4 Å². The molecule has 5 atom stereocenters. The lowest BCUT2D eigenvalue weighted by molar-refractivity contribution is -0.161. The molecule has 0 aromatic carbocycles. The summed E-state index contributed by atoms with van der Waals surface area (Å²) < 4.78 is 68.7. The number of rotatable bonds is 77. The summed E-state index contributed by atoms with van der Waals surface area (Å²) in [6.45, 7) is 4.58. The van der Waals surface area contributed by atoms with Gasteiger partial charge >= 0.3 is 39.5 Å². The van der Waals surface area contributed by atoms with Crippen molar-refractivity contribution in [1.82, 2.24) is 0 Å². The Balaban J connectivity index is 5.42. The molecule has 0 saturated heterocycles. The van der Waals surface area contributed by atoms with Crippen molar-refractivity contribution in [1.29, 1.82) is 0 Å². The predicted octanol–water partition coefficient (Wildman–Crippen LogP) is 24.4. The van der Waals surface area contributed by atoms with Gasteiger partial charge in [-0.25, -0.2) is 9.13 Å². The number of unbranched alkanes of at least 4 members (excludes halogenated alkanes) is 29. The van der Waals surface area contributed by atoms with Crippen molar-refractivity contribution in [2.45, 2.75) is 354 Å². The number of phosphoric ester groups is 2. The molecule has 3 N–H and O–H groups in total. The van der Waals surface area contributed by atoms with E-state index in [1.54, 1.807) is 0 Å².